The molecule has 1 amide bonds. The van der Waals surface area contributed by atoms with Gasteiger partial charge in [-0.3, -0.25) is 19.4 Å². The molecule has 3 aromatic heterocycles. The first-order chi connectivity index (χ1) is 20.4. The van der Waals surface area contributed by atoms with Gasteiger partial charge in [0.15, 0.2) is 0 Å². The third kappa shape index (κ3) is 5.08. The van der Waals surface area contributed by atoms with Gasteiger partial charge in [0, 0.05) is 42.2 Å². The number of benzene rings is 3. The number of amides is 1. The molecule has 0 aliphatic heterocycles. The first-order valence-electron chi connectivity index (χ1n) is 13.3. The standard InChI is InChI=1S/C32H28N8O2/c1-20-28(32(42)40(39(20)2)26-9-4-3-5-10-26)31(41)36-24-13-11-22(12-14-24)29-30(33)34-19-27(37-29)23-8-6-7-21(17-23)18-25-15-16-35-38-25/h3-17,19H,18H2,1-2H3,(H2,33,34)(H,35,38)(H,36,41). The van der Waals surface area contributed by atoms with Crippen LogP contribution in [0, 0.1) is 6.92 Å². The molecule has 0 bridgehead atoms. The average molecular weight is 557 g/mol. The number of aromatic amines is 1. The van der Waals surface area contributed by atoms with E-state index in [0.29, 0.717) is 34.3 Å². The fourth-order valence-corrected chi connectivity index (χ4v) is 4.93. The molecule has 6 aromatic rings. The fraction of sp³-hybridized carbons (Fsp3) is 0.0938. The highest BCUT2D eigenvalue weighted by atomic mass is 16.2. The molecular formula is C32H28N8O2. The Balaban J connectivity index is 1.23. The minimum absolute atomic E-state index is 0.0861. The monoisotopic (exact) mass is 556 g/mol. The van der Waals surface area contributed by atoms with Gasteiger partial charge in [-0.25, -0.2) is 14.6 Å². The van der Waals surface area contributed by atoms with Crippen LogP contribution in [0.25, 0.3) is 28.2 Å². The van der Waals surface area contributed by atoms with Gasteiger partial charge in [0.2, 0.25) is 0 Å². The van der Waals surface area contributed by atoms with Crippen molar-refractivity contribution in [3.8, 4) is 28.2 Å². The molecule has 0 aliphatic carbocycles. The third-order valence-electron chi connectivity index (χ3n) is 7.17. The average Bonchev–Trinajstić information content (AvgIpc) is 3.59. The summed E-state index contributed by atoms with van der Waals surface area (Å²) in [6, 6.07) is 26.4. The van der Waals surface area contributed by atoms with Crippen LogP contribution in [0.15, 0.2) is 102 Å². The van der Waals surface area contributed by atoms with Crippen molar-refractivity contribution in [2.24, 2.45) is 7.05 Å². The van der Waals surface area contributed by atoms with Gasteiger partial charge in [-0.15, -0.1) is 0 Å². The molecule has 0 radical (unpaired) electrons. The summed E-state index contributed by atoms with van der Waals surface area (Å²) >= 11 is 0. The zero-order valence-electron chi connectivity index (χ0n) is 23.1. The van der Waals surface area contributed by atoms with Crippen molar-refractivity contribution in [1.29, 1.82) is 0 Å². The van der Waals surface area contributed by atoms with E-state index in [-0.39, 0.29) is 11.1 Å². The Morgan fingerprint density at radius 1 is 0.976 bits per heavy atom. The maximum atomic E-state index is 13.2. The zero-order valence-corrected chi connectivity index (χ0v) is 23.1. The van der Waals surface area contributed by atoms with Crippen LogP contribution in [-0.4, -0.2) is 35.4 Å². The number of hydrogen-bond acceptors (Lipinski definition) is 6. The summed E-state index contributed by atoms with van der Waals surface area (Å²) in [7, 11) is 1.75. The summed E-state index contributed by atoms with van der Waals surface area (Å²) < 4.78 is 3.16. The normalized spacial score (nSPS) is 11.0. The van der Waals surface area contributed by atoms with Crippen LogP contribution in [0.4, 0.5) is 11.5 Å². The molecule has 0 spiro atoms. The minimum Gasteiger partial charge on any atom is -0.382 e. The van der Waals surface area contributed by atoms with Gasteiger partial charge in [0.05, 0.1) is 23.3 Å². The first-order valence-corrected chi connectivity index (χ1v) is 13.3. The number of hydrogen-bond donors (Lipinski definition) is 3. The molecule has 4 N–H and O–H groups in total. The Kier molecular flexibility index (Phi) is 6.93. The van der Waals surface area contributed by atoms with Gasteiger partial charge < -0.3 is 11.1 Å². The number of nitrogen functional groups attached to an aromatic ring is 1. The van der Waals surface area contributed by atoms with Crippen molar-refractivity contribution in [2.45, 2.75) is 13.3 Å². The summed E-state index contributed by atoms with van der Waals surface area (Å²) in [4.78, 5) is 35.6. The lowest BCUT2D eigenvalue weighted by molar-refractivity contribution is 0.102. The number of nitrogens with two attached hydrogens (primary N) is 1. The lowest BCUT2D eigenvalue weighted by atomic mass is 10.0. The molecule has 0 fully saturated rings. The molecule has 42 heavy (non-hydrogen) atoms. The maximum absolute atomic E-state index is 13.2. The Hall–Kier alpha value is -5.77. The van der Waals surface area contributed by atoms with Crippen molar-refractivity contribution >= 4 is 17.4 Å². The number of aromatic nitrogens is 6. The Labute approximate surface area is 241 Å². The van der Waals surface area contributed by atoms with Crippen LogP contribution in [-0.2, 0) is 13.5 Å². The summed E-state index contributed by atoms with van der Waals surface area (Å²) in [6.07, 6.45) is 4.12. The molecule has 0 saturated carbocycles. The SMILES string of the molecule is Cc1c(C(=O)Nc2ccc(-c3nc(-c4cccc(Cc5ccn[nH]5)c4)cnc3N)cc2)c(=O)n(-c2ccccc2)n1C. The molecule has 3 aromatic carbocycles. The number of carbonyl (C=O) groups excluding carboxylic acids is 1. The largest absolute Gasteiger partial charge is 0.382 e. The van der Waals surface area contributed by atoms with Crippen LogP contribution in [0.2, 0.25) is 0 Å². The number of H-pyrrole nitrogens is 1. The van der Waals surface area contributed by atoms with E-state index in [2.05, 4.69) is 32.6 Å². The number of nitrogens with zero attached hydrogens (tertiary/aromatic N) is 5. The fourth-order valence-electron chi connectivity index (χ4n) is 4.93. The molecule has 0 atom stereocenters. The third-order valence-corrected chi connectivity index (χ3v) is 7.17. The predicted molar refractivity (Wildman–Crippen MR) is 162 cm³/mol. The summed E-state index contributed by atoms with van der Waals surface area (Å²) in [5.74, 6) is -0.183. The molecule has 208 valence electrons. The lowest BCUT2D eigenvalue weighted by Crippen LogP contribution is -2.25. The summed E-state index contributed by atoms with van der Waals surface area (Å²) in [5, 5.41) is 9.85. The van der Waals surface area contributed by atoms with E-state index >= 15 is 0 Å². The molecule has 0 unspecified atom stereocenters. The van der Waals surface area contributed by atoms with Crippen LogP contribution >= 0.6 is 0 Å². The van der Waals surface area contributed by atoms with E-state index in [9.17, 15) is 9.59 Å². The van der Waals surface area contributed by atoms with Crippen LogP contribution in [0.1, 0.15) is 27.3 Å². The molecular weight excluding hydrogens is 528 g/mol. The second-order valence-electron chi connectivity index (χ2n) is 9.92. The van der Waals surface area contributed by atoms with Gasteiger partial charge in [-0.2, -0.15) is 5.10 Å². The van der Waals surface area contributed by atoms with Crippen molar-refractivity contribution in [1.82, 2.24) is 29.5 Å². The second-order valence-corrected chi connectivity index (χ2v) is 9.92. The number of carbonyl (C=O) groups is 1. The van der Waals surface area contributed by atoms with E-state index in [0.717, 1.165) is 28.8 Å². The van der Waals surface area contributed by atoms with Crippen LogP contribution in [0.5, 0.6) is 0 Å². The van der Waals surface area contributed by atoms with Crippen LogP contribution < -0.4 is 16.6 Å². The van der Waals surface area contributed by atoms with Crippen molar-refractivity contribution in [2.75, 3.05) is 11.1 Å². The maximum Gasteiger partial charge on any atom is 0.284 e. The number of rotatable bonds is 7. The van der Waals surface area contributed by atoms with E-state index in [1.54, 1.807) is 43.2 Å². The molecule has 3 heterocycles. The highest BCUT2D eigenvalue weighted by molar-refractivity contribution is 6.05. The molecule has 0 aliphatic rings. The number of nitrogens with one attached hydrogen (secondary N) is 2. The van der Waals surface area contributed by atoms with E-state index in [1.807, 2.05) is 60.7 Å². The van der Waals surface area contributed by atoms with E-state index in [4.69, 9.17) is 10.7 Å². The summed E-state index contributed by atoms with van der Waals surface area (Å²) in [6.45, 7) is 1.75. The smallest absolute Gasteiger partial charge is 0.284 e. The van der Waals surface area contributed by atoms with Gasteiger partial charge in [0.25, 0.3) is 11.5 Å². The van der Waals surface area contributed by atoms with Gasteiger partial charge in [0.1, 0.15) is 17.1 Å². The number of anilines is 2. The van der Waals surface area contributed by atoms with Gasteiger partial charge >= 0.3 is 0 Å². The zero-order chi connectivity index (χ0) is 29.2. The minimum atomic E-state index is -0.480. The summed E-state index contributed by atoms with van der Waals surface area (Å²) in [5.41, 5.74) is 12.7. The number of para-hydroxylation sites is 1. The first kappa shape index (κ1) is 26.5. The lowest BCUT2D eigenvalue weighted by Gasteiger charge is -2.10. The molecule has 0 saturated heterocycles. The Morgan fingerprint density at radius 3 is 2.50 bits per heavy atom. The predicted octanol–water partition coefficient (Wildman–Crippen LogP) is 4.76. The highest BCUT2D eigenvalue weighted by Gasteiger charge is 2.22. The molecule has 6 rings (SSSR count). The van der Waals surface area contributed by atoms with E-state index < -0.39 is 5.91 Å². The highest BCUT2D eigenvalue weighted by Crippen LogP contribution is 2.28. The Bertz CT molecular complexity index is 1940. The molecule has 10 nitrogen and oxygen atoms in total. The van der Waals surface area contributed by atoms with Gasteiger partial charge in [-0.05, 0) is 48.9 Å². The van der Waals surface area contributed by atoms with Crippen molar-refractivity contribution in [3.63, 3.8) is 0 Å². The topological polar surface area (TPSA) is 137 Å². The van der Waals surface area contributed by atoms with Gasteiger partial charge in [-0.1, -0.05) is 48.5 Å². The van der Waals surface area contributed by atoms with E-state index in [1.165, 1.54) is 4.68 Å². The quantitative estimate of drug-likeness (QED) is 0.259. The van der Waals surface area contributed by atoms with Crippen molar-refractivity contribution < 1.29 is 4.79 Å². The molecule has 10 heteroatoms. The second kappa shape index (κ2) is 11.0. The Morgan fingerprint density at radius 2 is 1.76 bits per heavy atom. The van der Waals surface area contributed by atoms with Crippen molar-refractivity contribution in [3.05, 3.63) is 130 Å². The van der Waals surface area contributed by atoms with Crippen LogP contribution in [0.3, 0.4) is 0 Å².